The summed E-state index contributed by atoms with van der Waals surface area (Å²) in [5.41, 5.74) is -0.191. The molecule has 0 bridgehead atoms. The molecule has 2 aromatic heterocycles. The van der Waals surface area contributed by atoms with Gasteiger partial charge in [0.05, 0.1) is 23.9 Å². The van der Waals surface area contributed by atoms with Crippen molar-refractivity contribution < 1.29 is 5.11 Å². The van der Waals surface area contributed by atoms with Gasteiger partial charge in [0.15, 0.2) is 0 Å². The van der Waals surface area contributed by atoms with E-state index >= 15 is 0 Å². The zero-order valence-corrected chi connectivity index (χ0v) is 8.81. The molecular formula is C11H13N3O2. The lowest BCUT2D eigenvalue weighted by atomic mass is 9.80. The van der Waals surface area contributed by atoms with E-state index in [1.54, 1.807) is 12.3 Å². The monoisotopic (exact) mass is 219 g/mol. The molecule has 0 radical (unpaired) electrons. The van der Waals surface area contributed by atoms with Crippen molar-refractivity contribution in [2.45, 2.75) is 31.4 Å². The van der Waals surface area contributed by atoms with Crippen LogP contribution in [0.15, 0.2) is 23.4 Å². The molecule has 84 valence electrons. The largest absolute Gasteiger partial charge is 0.388 e. The number of fused-ring (bicyclic) bond motifs is 1. The fourth-order valence-corrected chi connectivity index (χ4v) is 2.15. The molecule has 16 heavy (non-hydrogen) atoms. The van der Waals surface area contributed by atoms with E-state index in [0.29, 0.717) is 17.6 Å². The Morgan fingerprint density at radius 1 is 1.56 bits per heavy atom. The average Bonchev–Trinajstić information content (AvgIpc) is 2.68. The lowest BCUT2D eigenvalue weighted by Gasteiger charge is -2.36. The Hall–Kier alpha value is -1.62. The van der Waals surface area contributed by atoms with Gasteiger partial charge in [0.2, 0.25) is 0 Å². The molecule has 0 aromatic carbocycles. The highest BCUT2D eigenvalue weighted by Gasteiger charge is 2.35. The molecule has 0 amide bonds. The molecule has 0 aliphatic heterocycles. The molecule has 3 rings (SSSR count). The Bertz CT molecular complexity index is 580. The van der Waals surface area contributed by atoms with E-state index in [0.717, 1.165) is 19.3 Å². The topological polar surface area (TPSA) is 70.9 Å². The van der Waals surface area contributed by atoms with E-state index in [1.165, 1.54) is 10.9 Å². The zero-order valence-electron chi connectivity index (χ0n) is 8.81. The highest BCUT2D eigenvalue weighted by Crippen LogP contribution is 2.32. The number of H-pyrrole nitrogens is 1. The minimum atomic E-state index is -0.699. The highest BCUT2D eigenvalue weighted by molar-refractivity contribution is 5.73. The Kier molecular flexibility index (Phi) is 1.91. The second kappa shape index (κ2) is 3.18. The van der Waals surface area contributed by atoms with Gasteiger partial charge >= 0.3 is 0 Å². The zero-order chi connectivity index (χ0) is 11.2. The first-order valence-corrected chi connectivity index (χ1v) is 5.43. The van der Waals surface area contributed by atoms with Gasteiger partial charge in [0.1, 0.15) is 5.65 Å². The van der Waals surface area contributed by atoms with Crippen molar-refractivity contribution in [1.82, 2.24) is 14.5 Å². The van der Waals surface area contributed by atoms with Crippen LogP contribution in [0.4, 0.5) is 0 Å². The predicted molar refractivity (Wildman–Crippen MR) is 59.2 cm³/mol. The molecule has 0 saturated heterocycles. The van der Waals surface area contributed by atoms with Crippen LogP contribution in [0.3, 0.4) is 0 Å². The summed E-state index contributed by atoms with van der Waals surface area (Å²) in [6.07, 6.45) is 5.76. The number of aliphatic hydroxyl groups is 1. The molecule has 2 N–H and O–H groups in total. The fourth-order valence-electron chi connectivity index (χ4n) is 2.15. The van der Waals surface area contributed by atoms with Crippen LogP contribution in [-0.4, -0.2) is 25.2 Å². The third-order valence-electron chi connectivity index (χ3n) is 3.29. The average molecular weight is 219 g/mol. The van der Waals surface area contributed by atoms with Crippen LogP contribution < -0.4 is 5.56 Å². The van der Waals surface area contributed by atoms with Crippen molar-refractivity contribution in [3.63, 3.8) is 0 Å². The van der Waals surface area contributed by atoms with Gasteiger partial charge in [0.25, 0.3) is 5.56 Å². The lowest BCUT2D eigenvalue weighted by molar-refractivity contribution is -0.0481. The number of hydrogen-bond donors (Lipinski definition) is 2. The number of aromatic amines is 1. The molecule has 5 nitrogen and oxygen atoms in total. The normalized spacial score (nSPS) is 18.6. The molecule has 1 aliphatic carbocycles. The molecule has 1 aliphatic rings. The molecule has 0 spiro atoms. The van der Waals surface area contributed by atoms with Crippen LogP contribution in [-0.2, 0) is 6.54 Å². The highest BCUT2D eigenvalue weighted by atomic mass is 16.3. The molecule has 1 saturated carbocycles. The third kappa shape index (κ3) is 1.36. The minimum Gasteiger partial charge on any atom is -0.388 e. The van der Waals surface area contributed by atoms with Crippen molar-refractivity contribution >= 4 is 11.0 Å². The van der Waals surface area contributed by atoms with Gasteiger partial charge in [-0.25, -0.2) is 4.98 Å². The number of aromatic nitrogens is 3. The summed E-state index contributed by atoms with van der Waals surface area (Å²) in [5.74, 6) is 0. The minimum absolute atomic E-state index is 0.0911. The van der Waals surface area contributed by atoms with Crippen LogP contribution in [0.25, 0.3) is 11.0 Å². The summed E-state index contributed by atoms with van der Waals surface area (Å²) in [5, 5.41) is 10.6. The summed E-state index contributed by atoms with van der Waals surface area (Å²) < 4.78 is 1.50. The van der Waals surface area contributed by atoms with Crippen molar-refractivity contribution in [2.24, 2.45) is 0 Å². The van der Waals surface area contributed by atoms with Gasteiger partial charge in [-0.2, -0.15) is 0 Å². The van der Waals surface area contributed by atoms with Crippen LogP contribution >= 0.6 is 0 Å². The van der Waals surface area contributed by atoms with Crippen LogP contribution in [0.1, 0.15) is 19.3 Å². The van der Waals surface area contributed by atoms with Crippen LogP contribution in [0.5, 0.6) is 0 Å². The summed E-state index contributed by atoms with van der Waals surface area (Å²) in [7, 11) is 0. The first kappa shape index (κ1) is 9.59. The molecular weight excluding hydrogens is 206 g/mol. The summed E-state index contributed by atoms with van der Waals surface area (Å²) in [6, 6.07) is 1.71. The van der Waals surface area contributed by atoms with Gasteiger partial charge in [-0.15, -0.1) is 0 Å². The molecule has 2 heterocycles. The van der Waals surface area contributed by atoms with Gasteiger partial charge in [-0.05, 0) is 25.3 Å². The van der Waals surface area contributed by atoms with Crippen LogP contribution in [0, 0.1) is 0 Å². The first-order valence-electron chi connectivity index (χ1n) is 5.43. The first-order chi connectivity index (χ1) is 7.68. The summed E-state index contributed by atoms with van der Waals surface area (Å²) in [4.78, 5) is 19.0. The molecule has 5 heteroatoms. The van der Waals surface area contributed by atoms with Gasteiger partial charge in [0, 0.05) is 6.20 Å². The van der Waals surface area contributed by atoms with E-state index < -0.39 is 5.60 Å². The summed E-state index contributed by atoms with van der Waals surface area (Å²) >= 11 is 0. The molecule has 0 unspecified atom stereocenters. The van der Waals surface area contributed by atoms with Crippen molar-refractivity contribution in [1.29, 1.82) is 0 Å². The summed E-state index contributed by atoms with van der Waals surface area (Å²) in [6.45, 7) is 0.347. The second-order valence-corrected chi connectivity index (χ2v) is 4.50. The molecule has 2 aromatic rings. The smallest absolute Gasteiger partial charge is 0.262 e. The standard InChI is InChI=1S/C11H13N3O2/c15-10-8-2-5-12-9(8)13-7-14(10)6-11(16)3-1-4-11/h2,5,7,12,16H,1,3-4,6H2. The molecule has 0 atom stereocenters. The maximum atomic E-state index is 12.0. The molecule has 1 fully saturated rings. The van der Waals surface area contributed by atoms with E-state index in [9.17, 15) is 9.90 Å². The number of nitrogens with zero attached hydrogens (tertiary/aromatic N) is 2. The number of hydrogen-bond acceptors (Lipinski definition) is 3. The van der Waals surface area contributed by atoms with Crippen molar-refractivity contribution in [2.75, 3.05) is 0 Å². The van der Waals surface area contributed by atoms with E-state index in [1.807, 2.05) is 0 Å². The predicted octanol–water partition coefficient (Wildman–Crippen LogP) is 0.640. The van der Waals surface area contributed by atoms with E-state index in [2.05, 4.69) is 9.97 Å². The number of nitrogens with one attached hydrogen (secondary N) is 1. The fraction of sp³-hybridized carbons (Fsp3) is 0.455. The Balaban J connectivity index is 2.03. The van der Waals surface area contributed by atoms with E-state index in [4.69, 9.17) is 0 Å². The van der Waals surface area contributed by atoms with E-state index in [-0.39, 0.29) is 5.56 Å². The van der Waals surface area contributed by atoms with Gasteiger partial charge in [-0.3, -0.25) is 9.36 Å². The quantitative estimate of drug-likeness (QED) is 0.778. The van der Waals surface area contributed by atoms with Crippen molar-refractivity contribution in [3.05, 3.63) is 28.9 Å². The maximum absolute atomic E-state index is 12.0. The Labute approximate surface area is 91.7 Å². The van der Waals surface area contributed by atoms with Gasteiger partial charge in [-0.1, -0.05) is 0 Å². The number of rotatable bonds is 2. The van der Waals surface area contributed by atoms with Gasteiger partial charge < -0.3 is 10.1 Å². The SMILES string of the molecule is O=c1c2cc[nH]c2ncn1CC1(O)CCC1. The maximum Gasteiger partial charge on any atom is 0.262 e. The van der Waals surface area contributed by atoms with Crippen LogP contribution in [0.2, 0.25) is 0 Å². The second-order valence-electron chi connectivity index (χ2n) is 4.50. The lowest BCUT2D eigenvalue weighted by Crippen LogP contribution is -2.43. The third-order valence-corrected chi connectivity index (χ3v) is 3.29. The Morgan fingerprint density at radius 3 is 3.06 bits per heavy atom. The van der Waals surface area contributed by atoms with Crippen molar-refractivity contribution in [3.8, 4) is 0 Å². The Morgan fingerprint density at radius 2 is 2.38 bits per heavy atom.